The number of hydrogen-bond acceptors (Lipinski definition) is 6. The van der Waals surface area contributed by atoms with E-state index in [4.69, 9.17) is 4.74 Å². The Morgan fingerprint density at radius 3 is 2.41 bits per heavy atom. The molecular weight excluding hydrogens is 392 g/mol. The maximum Gasteiger partial charge on any atom is 0.238 e. The Morgan fingerprint density at radius 1 is 1.11 bits per heavy atom. The van der Waals surface area contributed by atoms with Crippen molar-refractivity contribution in [3.05, 3.63) is 23.4 Å². The van der Waals surface area contributed by atoms with Gasteiger partial charge in [-0.15, -0.1) is 0 Å². The lowest BCUT2D eigenvalue weighted by molar-refractivity contribution is 0.0974. The summed E-state index contributed by atoms with van der Waals surface area (Å²) in [6.45, 7) is 3.04. The number of sulfonamides is 1. The van der Waals surface area contributed by atoms with Gasteiger partial charge in [0.2, 0.25) is 20.0 Å². The highest BCUT2D eigenvalue weighted by atomic mass is 32.2. The number of ether oxygens (including phenoxy) is 1. The second kappa shape index (κ2) is 6.83. The molecule has 0 saturated carbocycles. The number of aromatic nitrogens is 1. The van der Waals surface area contributed by atoms with Gasteiger partial charge in [0.15, 0.2) is 5.78 Å². The molecule has 148 valence electrons. The van der Waals surface area contributed by atoms with Crippen molar-refractivity contribution >= 4 is 42.4 Å². The zero-order valence-corrected chi connectivity index (χ0v) is 17.0. The third-order valence-electron chi connectivity index (χ3n) is 4.72. The van der Waals surface area contributed by atoms with E-state index in [9.17, 15) is 21.6 Å². The quantitative estimate of drug-likeness (QED) is 0.775. The van der Waals surface area contributed by atoms with Crippen LogP contribution < -0.4 is 9.46 Å². The Kier molecular flexibility index (Phi) is 4.98. The van der Waals surface area contributed by atoms with Crippen molar-refractivity contribution in [3.63, 3.8) is 0 Å². The standard InChI is InChI=1S/C17H22N2O6S2/c1-4-26(21,22)18-12-9-11-14(10-16(12)25-3)19(27(23,24)5-2)13-7-6-8-15(20)17(11)13/h9-10,18H,4-8H2,1-3H3. The molecule has 27 heavy (non-hydrogen) atoms. The number of benzene rings is 1. The molecule has 1 aromatic carbocycles. The Hall–Kier alpha value is -2.07. The second-order valence-corrected chi connectivity index (χ2v) is 10.5. The minimum atomic E-state index is -3.65. The fourth-order valence-corrected chi connectivity index (χ4v) is 5.22. The number of anilines is 1. The van der Waals surface area contributed by atoms with Gasteiger partial charge in [0.25, 0.3) is 0 Å². The maximum absolute atomic E-state index is 12.7. The van der Waals surface area contributed by atoms with E-state index in [1.165, 1.54) is 30.1 Å². The summed E-state index contributed by atoms with van der Waals surface area (Å²) in [5.41, 5.74) is 1.32. The van der Waals surface area contributed by atoms with E-state index in [1.54, 1.807) is 6.92 Å². The van der Waals surface area contributed by atoms with Crippen LogP contribution in [-0.2, 0) is 26.5 Å². The molecule has 8 nitrogen and oxygen atoms in total. The van der Waals surface area contributed by atoms with E-state index in [0.717, 1.165) is 0 Å². The van der Waals surface area contributed by atoms with Crippen LogP contribution in [0.4, 0.5) is 5.69 Å². The van der Waals surface area contributed by atoms with Gasteiger partial charge in [-0.3, -0.25) is 9.52 Å². The Morgan fingerprint density at radius 2 is 1.81 bits per heavy atom. The van der Waals surface area contributed by atoms with E-state index in [1.807, 2.05) is 0 Å². The van der Waals surface area contributed by atoms with Gasteiger partial charge in [-0.1, -0.05) is 0 Å². The van der Waals surface area contributed by atoms with Crippen LogP contribution in [0.3, 0.4) is 0 Å². The Labute approximate surface area is 158 Å². The minimum Gasteiger partial charge on any atom is -0.494 e. The summed E-state index contributed by atoms with van der Waals surface area (Å²) in [6, 6.07) is 2.97. The van der Waals surface area contributed by atoms with Gasteiger partial charge in [0.05, 0.1) is 29.8 Å². The van der Waals surface area contributed by atoms with Gasteiger partial charge in [-0.05, 0) is 32.8 Å². The summed E-state index contributed by atoms with van der Waals surface area (Å²) in [4.78, 5) is 12.6. The number of carbonyl (C=O) groups is 1. The van der Waals surface area contributed by atoms with Crippen molar-refractivity contribution in [3.8, 4) is 5.75 Å². The minimum absolute atomic E-state index is 0.121. The van der Waals surface area contributed by atoms with Crippen LogP contribution in [0.5, 0.6) is 5.75 Å². The highest BCUT2D eigenvalue weighted by molar-refractivity contribution is 7.92. The van der Waals surface area contributed by atoms with Crippen LogP contribution in [0.2, 0.25) is 0 Å². The smallest absolute Gasteiger partial charge is 0.238 e. The van der Waals surface area contributed by atoms with Gasteiger partial charge in [0, 0.05) is 29.1 Å². The van der Waals surface area contributed by atoms with Gasteiger partial charge < -0.3 is 4.74 Å². The normalized spacial score (nSPS) is 15.0. The van der Waals surface area contributed by atoms with Crippen molar-refractivity contribution in [2.75, 3.05) is 23.3 Å². The van der Waals surface area contributed by atoms with E-state index in [0.29, 0.717) is 41.4 Å². The summed E-state index contributed by atoms with van der Waals surface area (Å²) >= 11 is 0. The average Bonchev–Trinajstić information content (AvgIpc) is 2.95. The SMILES string of the molecule is CCS(=O)(=O)Nc1cc2c3c(n(S(=O)(=O)CC)c2cc1OC)CCCC3=O. The molecule has 0 amide bonds. The number of nitrogens with zero attached hydrogens (tertiary/aromatic N) is 1. The van der Waals surface area contributed by atoms with E-state index in [-0.39, 0.29) is 28.7 Å². The zero-order chi connectivity index (χ0) is 20.0. The first-order valence-corrected chi connectivity index (χ1v) is 11.9. The average molecular weight is 415 g/mol. The fraction of sp³-hybridized carbons (Fsp3) is 0.471. The number of ketones is 1. The zero-order valence-electron chi connectivity index (χ0n) is 15.4. The maximum atomic E-state index is 12.7. The van der Waals surface area contributed by atoms with Crippen LogP contribution in [0.1, 0.15) is 42.7 Å². The highest BCUT2D eigenvalue weighted by Crippen LogP contribution is 2.39. The molecule has 0 unspecified atom stereocenters. The van der Waals surface area contributed by atoms with Crippen molar-refractivity contribution in [2.24, 2.45) is 0 Å². The summed E-state index contributed by atoms with van der Waals surface area (Å²) in [6.07, 6.45) is 1.38. The van der Waals surface area contributed by atoms with Crippen molar-refractivity contribution < 1.29 is 26.4 Å². The molecule has 2 aromatic rings. The molecule has 0 bridgehead atoms. The monoisotopic (exact) mass is 414 g/mol. The predicted molar refractivity (Wildman–Crippen MR) is 104 cm³/mol. The highest BCUT2D eigenvalue weighted by Gasteiger charge is 2.31. The lowest BCUT2D eigenvalue weighted by Gasteiger charge is -2.14. The third kappa shape index (κ3) is 3.31. The number of methoxy groups -OCH3 is 1. The molecule has 0 saturated heterocycles. The van der Waals surface area contributed by atoms with Gasteiger partial charge in [0.1, 0.15) is 5.75 Å². The Balaban J connectivity index is 2.40. The Bertz CT molecular complexity index is 1130. The molecule has 0 fully saturated rings. The fourth-order valence-electron chi connectivity index (χ4n) is 3.35. The first kappa shape index (κ1) is 19.7. The number of nitrogens with one attached hydrogen (secondary N) is 1. The molecule has 0 radical (unpaired) electrons. The molecule has 10 heteroatoms. The van der Waals surface area contributed by atoms with Crippen molar-refractivity contribution in [1.29, 1.82) is 0 Å². The van der Waals surface area contributed by atoms with E-state index < -0.39 is 20.0 Å². The lowest BCUT2D eigenvalue weighted by Crippen LogP contribution is -2.20. The van der Waals surface area contributed by atoms with Crippen molar-refractivity contribution in [2.45, 2.75) is 33.1 Å². The molecule has 1 aliphatic carbocycles. The molecular formula is C17H22N2O6S2. The first-order valence-electron chi connectivity index (χ1n) is 8.67. The number of Topliss-reactive ketones (excluding diaryl/α,β-unsaturated/α-hetero) is 1. The third-order valence-corrected chi connectivity index (χ3v) is 7.72. The van der Waals surface area contributed by atoms with Crippen LogP contribution >= 0.6 is 0 Å². The van der Waals surface area contributed by atoms with Gasteiger partial charge >= 0.3 is 0 Å². The largest absolute Gasteiger partial charge is 0.494 e. The summed E-state index contributed by atoms with van der Waals surface area (Å²) < 4.78 is 58.4. The summed E-state index contributed by atoms with van der Waals surface area (Å²) in [5, 5.41) is 0.418. The van der Waals surface area contributed by atoms with E-state index in [2.05, 4.69) is 4.72 Å². The number of rotatable bonds is 6. The number of fused-ring (bicyclic) bond motifs is 3. The van der Waals surface area contributed by atoms with Crippen LogP contribution in [-0.4, -0.2) is 45.2 Å². The van der Waals surface area contributed by atoms with Crippen LogP contribution in [0, 0.1) is 0 Å². The molecule has 0 aliphatic heterocycles. The first-order chi connectivity index (χ1) is 12.6. The van der Waals surface area contributed by atoms with Crippen molar-refractivity contribution in [1.82, 2.24) is 3.97 Å². The molecule has 0 atom stereocenters. The molecule has 1 N–H and O–H groups in total. The summed E-state index contributed by atoms with van der Waals surface area (Å²) in [5.74, 6) is -0.199. The molecule has 3 rings (SSSR count). The number of carbonyl (C=O) groups excluding carboxylic acids is 1. The summed E-state index contributed by atoms with van der Waals surface area (Å²) in [7, 11) is -5.86. The predicted octanol–water partition coefficient (Wildman–Crippen LogP) is 2.13. The molecule has 0 spiro atoms. The second-order valence-electron chi connectivity index (χ2n) is 6.34. The van der Waals surface area contributed by atoms with Crippen LogP contribution in [0.25, 0.3) is 10.9 Å². The molecule has 1 heterocycles. The molecule has 1 aromatic heterocycles. The van der Waals surface area contributed by atoms with Gasteiger partial charge in [-0.25, -0.2) is 20.8 Å². The van der Waals surface area contributed by atoms with E-state index >= 15 is 0 Å². The topological polar surface area (TPSA) is 112 Å². The number of hydrogen-bond donors (Lipinski definition) is 1. The molecule has 1 aliphatic rings. The lowest BCUT2D eigenvalue weighted by atomic mass is 9.94. The van der Waals surface area contributed by atoms with Gasteiger partial charge in [-0.2, -0.15) is 0 Å². The van der Waals surface area contributed by atoms with Crippen LogP contribution in [0.15, 0.2) is 12.1 Å².